The van der Waals surface area contributed by atoms with Gasteiger partial charge in [-0.1, -0.05) is 29.8 Å². The number of rotatable bonds is 2. The Morgan fingerprint density at radius 2 is 1.94 bits per heavy atom. The van der Waals surface area contributed by atoms with Crippen LogP contribution in [0.5, 0.6) is 0 Å². The molecule has 2 fully saturated rings. The number of ether oxygens (including phenoxy) is 2. The first-order valence-corrected chi connectivity index (χ1v) is 7.15. The van der Waals surface area contributed by atoms with Crippen molar-refractivity contribution in [2.75, 3.05) is 0 Å². The summed E-state index contributed by atoms with van der Waals surface area (Å²) in [5, 5.41) is 0.820. The van der Waals surface area contributed by atoms with Gasteiger partial charge in [-0.05, 0) is 31.4 Å². The Hall–Kier alpha value is -0.570. The highest BCUT2D eigenvalue weighted by Crippen LogP contribution is 2.42. The minimum atomic E-state index is -0.286. The third kappa shape index (κ3) is 2.29. The van der Waals surface area contributed by atoms with Gasteiger partial charge in [0.2, 0.25) is 0 Å². The van der Waals surface area contributed by atoms with Gasteiger partial charge >= 0.3 is 0 Å². The molecule has 0 N–H and O–H groups in total. The molecule has 1 aliphatic heterocycles. The van der Waals surface area contributed by atoms with Crippen LogP contribution < -0.4 is 0 Å². The van der Waals surface area contributed by atoms with Crippen LogP contribution >= 0.6 is 11.6 Å². The first kappa shape index (κ1) is 12.5. The summed E-state index contributed by atoms with van der Waals surface area (Å²) in [4.78, 5) is 0. The molecular formula is C15H19ClO2. The highest BCUT2D eigenvalue weighted by Gasteiger charge is 2.47. The Labute approximate surface area is 113 Å². The molecule has 0 amide bonds. The molecular weight excluding hydrogens is 248 g/mol. The number of benzene rings is 1. The van der Waals surface area contributed by atoms with Crippen LogP contribution in [-0.4, -0.2) is 18.0 Å². The Morgan fingerprint density at radius 3 is 2.67 bits per heavy atom. The molecule has 2 nitrogen and oxygen atoms in total. The topological polar surface area (TPSA) is 18.5 Å². The van der Waals surface area contributed by atoms with Crippen LogP contribution in [0, 0.1) is 0 Å². The molecule has 1 spiro atoms. The van der Waals surface area contributed by atoms with E-state index < -0.39 is 0 Å². The molecule has 3 heteroatoms. The summed E-state index contributed by atoms with van der Waals surface area (Å²) in [6.45, 7) is 2.11. The lowest BCUT2D eigenvalue weighted by molar-refractivity contribution is -0.167. The summed E-state index contributed by atoms with van der Waals surface area (Å²) < 4.78 is 12.3. The molecule has 3 rings (SSSR count). The largest absolute Gasteiger partial charge is 0.344 e. The molecule has 2 aliphatic rings. The minimum absolute atomic E-state index is 0.128. The van der Waals surface area contributed by atoms with Crippen molar-refractivity contribution in [1.29, 1.82) is 0 Å². The average molecular weight is 267 g/mol. The van der Waals surface area contributed by atoms with E-state index in [1.54, 1.807) is 0 Å². The summed E-state index contributed by atoms with van der Waals surface area (Å²) in [6, 6.07) is 7.98. The second-order valence-electron chi connectivity index (χ2n) is 5.39. The molecule has 1 heterocycles. The fourth-order valence-electron chi connectivity index (χ4n) is 3.05. The Balaban J connectivity index is 1.72. The minimum Gasteiger partial charge on any atom is -0.344 e. The van der Waals surface area contributed by atoms with Gasteiger partial charge in [-0.15, -0.1) is 0 Å². The molecule has 0 radical (unpaired) electrons. The summed E-state index contributed by atoms with van der Waals surface area (Å²) in [6.07, 6.45) is 5.62. The Bertz CT molecular complexity index is 426. The van der Waals surface area contributed by atoms with Crippen LogP contribution in [-0.2, 0) is 15.9 Å². The van der Waals surface area contributed by atoms with Gasteiger partial charge < -0.3 is 9.47 Å². The van der Waals surface area contributed by atoms with Gasteiger partial charge in [0.15, 0.2) is 5.79 Å². The predicted molar refractivity (Wildman–Crippen MR) is 71.8 cm³/mol. The van der Waals surface area contributed by atoms with Gasteiger partial charge in [-0.2, -0.15) is 0 Å². The van der Waals surface area contributed by atoms with Gasteiger partial charge in [0.05, 0.1) is 12.2 Å². The number of hydrogen-bond donors (Lipinski definition) is 0. The maximum Gasteiger partial charge on any atom is 0.169 e. The van der Waals surface area contributed by atoms with Gasteiger partial charge in [-0.25, -0.2) is 0 Å². The maximum absolute atomic E-state index is 6.21. The van der Waals surface area contributed by atoms with Crippen LogP contribution in [0.15, 0.2) is 24.3 Å². The highest BCUT2D eigenvalue weighted by atomic mass is 35.5. The molecule has 1 aliphatic carbocycles. The zero-order valence-corrected chi connectivity index (χ0v) is 11.5. The molecule has 0 bridgehead atoms. The third-order valence-electron chi connectivity index (χ3n) is 4.03. The highest BCUT2D eigenvalue weighted by molar-refractivity contribution is 6.31. The summed E-state index contributed by atoms with van der Waals surface area (Å²) in [5.74, 6) is -0.286. The molecule has 0 unspecified atom stereocenters. The van der Waals surface area contributed by atoms with Crippen molar-refractivity contribution < 1.29 is 9.47 Å². The molecule has 0 aromatic heterocycles. The van der Waals surface area contributed by atoms with Crippen molar-refractivity contribution in [2.45, 2.75) is 57.0 Å². The normalized spacial score (nSPS) is 30.1. The summed E-state index contributed by atoms with van der Waals surface area (Å²) >= 11 is 6.21. The monoisotopic (exact) mass is 266 g/mol. The van der Waals surface area contributed by atoms with Crippen molar-refractivity contribution in [3.8, 4) is 0 Å². The fraction of sp³-hybridized carbons (Fsp3) is 0.600. The van der Waals surface area contributed by atoms with E-state index in [1.807, 2.05) is 18.2 Å². The van der Waals surface area contributed by atoms with Crippen LogP contribution in [0.2, 0.25) is 5.02 Å². The van der Waals surface area contributed by atoms with Crippen molar-refractivity contribution in [3.05, 3.63) is 34.9 Å². The number of hydrogen-bond acceptors (Lipinski definition) is 2. The van der Waals surface area contributed by atoms with E-state index in [1.165, 1.54) is 12.8 Å². The van der Waals surface area contributed by atoms with E-state index >= 15 is 0 Å². The quantitative estimate of drug-likeness (QED) is 0.807. The number of halogens is 1. The molecule has 98 valence electrons. The molecule has 1 aromatic rings. The molecule has 1 saturated carbocycles. The Morgan fingerprint density at radius 1 is 1.22 bits per heavy atom. The maximum atomic E-state index is 6.21. The smallest absolute Gasteiger partial charge is 0.169 e. The molecule has 2 atom stereocenters. The van der Waals surface area contributed by atoms with Crippen LogP contribution in [0.3, 0.4) is 0 Å². The SMILES string of the molecule is C[C@H]1OC2(CCCC2)O[C@H]1Cc1ccccc1Cl. The van der Waals surface area contributed by atoms with E-state index in [9.17, 15) is 0 Å². The van der Waals surface area contributed by atoms with Gasteiger partial charge in [0.25, 0.3) is 0 Å². The summed E-state index contributed by atoms with van der Waals surface area (Å²) in [7, 11) is 0. The molecule has 18 heavy (non-hydrogen) atoms. The van der Waals surface area contributed by atoms with Gasteiger partial charge in [0, 0.05) is 24.3 Å². The first-order chi connectivity index (χ1) is 8.69. The zero-order valence-electron chi connectivity index (χ0n) is 10.7. The van der Waals surface area contributed by atoms with Crippen LogP contribution in [0.25, 0.3) is 0 Å². The van der Waals surface area contributed by atoms with Crippen molar-refractivity contribution in [2.24, 2.45) is 0 Å². The van der Waals surface area contributed by atoms with E-state index in [0.717, 1.165) is 29.8 Å². The summed E-state index contributed by atoms with van der Waals surface area (Å²) in [5.41, 5.74) is 1.15. The molecule has 1 saturated heterocycles. The molecule has 1 aromatic carbocycles. The Kier molecular flexibility index (Phi) is 3.35. The predicted octanol–water partition coefficient (Wildman–Crippen LogP) is 3.96. The lowest BCUT2D eigenvalue weighted by Crippen LogP contribution is -2.27. The second-order valence-corrected chi connectivity index (χ2v) is 5.80. The van der Waals surface area contributed by atoms with E-state index in [0.29, 0.717) is 0 Å². The van der Waals surface area contributed by atoms with Crippen molar-refractivity contribution in [1.82, 2.24) is 0 Å². The van der Waals surface area contributed by atoms with E-state index in [4.69, 9.17) is 21.1 Å². The van der Waals surface area contributed by atoms with Crippen molar-refractivity contribution >= 4 is 11.6 Å². The van der Waals surface area contributed by atoms with E-state index in [2.05, 4.69) is 13.0 Å². The van der Waals surface area contributed by atoms with Gasteiger partial charge in [-0.3, -0.25) is 0 Å². The van der Waals surface area contributed by atoms with Crippen molar-refractivity contribution in [3.63, 3.8) is 0 Å². The van der Waals surface area contributed by atoms with Crippen LogP contribution in [0.4, 0.5) is 0 Å². The van der Waals surface area contributed by atoms with Crippen LogP contribution in [0.1, 0.15) is 38.2 Å². The third-order valence-corrected chi connectivity index (χ3v) is 4.40. The van der Waals surface area contributed by atoms with Gasteiger partial charge in [0.1, 0.15) is 0 Å². The zero-order chi connectivity index (χ0) is 12.6. The lowest BCUT2D eigenvalue weighted by atomic mass is 10.0. The van der Waals surface area contributed by atoms with E-state index in [-0.39, 0.29) is 18.0 Å². The second kappa shape index (κ2) is 4.84. The average Bonchev–Trinajstić information content (AvgIpc) is 2.91. The first-order valence-electron chi connectivity index (χ1n) is 6.78. The fourth-order valence-corrected chi connectivity index (χ4v) is 3.26. The standard InChI is InChI=1S/C15H19ClO2/c1-11-14(10-12-6-2-3-7-13(12)16)18-15(17-11)8-4-5-9-15/h2-3,6-7,11,14H,4-5,8-10H2,1H3/t11-,14+/m1/s1. The lowest BCUT2D eigenvalue weighted by Gasteiger charge is -2.22.